The second-order valence-corrected chi connectivity index (χ2v) is 4.62. The summed E-state index contributed by atoms with van der Waals surface area (Å²) in [4.78, 5) is 0.0913. The summed E-state index contributed by atoms with van der Waals surface area (Å²) < 4.78 is 22.4. The highest BCUT2D eigenvalue weighted by Crippen LogP contribution is 2.12. The van der Waals surface area contributed by atoms with Crippen LogP contribution in [0.1, 0.15) is 25.3 Å². The number of primary sulfonamides is 1. The van der Waals surface area contributed by atoms with E-state index in [-0.39, 0.29) is 4.90 Å². The molecule has 0 fully saturated rings. The molecule has 0 aliphatic heterocycles. The standard InChI is InChI=1S/C11H13NO2S/c1-2-3-4-7-10-8-5-6-9-11(10)15(12,13)14/h5-6,8-9H,2-3H2,1H3,(H2,12,13,14). The third-order valence-electron chi connectivity index (χ3n) is 1.79. The van der Waals surface area contributed by atoms with Gasteiger partial charge in [0.1, 0.15) is 0 Å². The van der Waals surface area contributed by atoms with Gasteiger partial charge in [-0.1, -0.05) is 30.9 Å². The van der Waals surface area contributed by atoms with E-state index in [4.69, 9.17) is 5.14 Å². The summed E-state index contributed by atoms with van der Waals surface area (Å²) in [5, 5.41) is 5.07. The first kappa shape index (κ1) is 11.8. The first-order valence-electron chi connectivity index (χ1n) is 4.66. The molecular weight excluding hydrogens is 210 g/mol. The number of benzene rings is 1. The maximum absolute atomic E-state index is 11.2. The van der Waals surface area contributed by atoms with Crippen LogP contribution in [0.3, 0.4) is 0 Å². The van der Waals surface area contributed by atoms with Crippen LogP contribution in [0, 0.1) is 11.8 Å². The smallest absolute Gasteiger partial charge is 0.225 e. The van der Waals surface area contributed by atoms with Crippen molar-refractivity contribution in [3.05, 3.63) is 29.8 Å². The summed E-state index contributed by atoms with van der Waals surface area (Å²) >= 11 is 0. The van der Waals surface area contributed by atoms with Gasteiger partial charge in [0.2, 0.25) is 10.0 Å². The largest absolute Gasteiger partial charge is 0.239 e. The van der Waals surface area contributed by atoms with E-state index >= 15 is 0 Å². The van der Waals surface area contributed by atoms with Gasteiger partial charge in [0.15, 0.2) is 0 Å². The molecule has 0 atom stereocenters. The molecule has 4 heteroatoms. The number of unbranched alkanes of at least 4 members (excludes halogenated alkanes) is 1. The summed E-state index contributed by atoms with van der Waals surface area (Å²) in [5.41, 5.74) is 0.466. The summed E-state index contributed by atoms with van der Waals surface area (Å²) in [6.07, 6.45) is 1.70. The second kappa shape index (κ2) is 4.96. The lowest BCUT2D eigenvalue weighted by atomic mass is 10.2. The van der Waals surface area contributed by atoms with Gasteiger partial charge in [-0.25, -0.2) is 13.6 Å². The fourth-order valence-corrected chi connectivity index (χ4v) is 1.79. The van der Waals surface area contributed by atoms with E-state index in [2.05, 4.69) is 11.8 Å². The highest BCUT2D eigenvalue weighted by Gasteiger charge is 2.10. The highest BCUT2D eigenvalue weighted by molar-refractivity contribution is 7.89. The molecule has 0 spiro atoms. The van der Waals surface area contributed by atoms with Gasteiger partial charge < -0.3 is 0 Å². The average Bonchev–Trinajstić information content (AvgIpc) is 2.17. The quantitative estimate of drug-likeness (QED) is 0.772. The lowest BCUT2D eigenvalue weighted by Crippen LogP contribution is -2.13. The molecule has 15 heavy (non-hydrogen) atoms. The Morgan fingerprint density at radius 1 is 1.33 bits per heavy atom. The molecule has 0 amide bonds. The van der Waals surface area contributed by atoms with E-state index in [9.17, 15) is 8.42 Å². The van der Waals surface area contributed by atoms with Gasteiger partial charge in [0.05, 0.1) is 4.90 Å². The average molecular weight is 223 g/mol. The molecule has 0 aliphatic rings. The molecule has 3 nitrogen and oxygen atoms in total. The van der Waals surface area contributed by atoms with Gasteiger partial charge in [-0.05, 0) is 18.6 Å². The summed E-state index contributed by atoms with van der Waals surface area (Å²) in [6, 6.07) is 6.49. The van der Waals surface area contributed by atoms with Gasteiger partial charge in [0.25, 0.3) is 0 Å². The number of hydrogen-bond donors (Lipinski definition) is 1. The Kier molecular flexibility index (Phi) is 3.89. The van der Waals surface area contributed by atoms with Gasteiger partial charge in [0, 0.05) is 12.0 Å². The van der Waals surface area contributed by atoms with Crippen LogP contribution in [0.5, 0.6) is 0 Å². The molecule has 0 aliphatic carbocycles. The Morgan fingerprint density at radius 2 is 2.00 bits per heavy atom. The SMILES string of the molecule is CCCC#Cc1ccccc1S(N)(=O)=O. The first-order chi connectivity index (χ1) is 7.05. The number of nitrogens with two attached hydrogens (primary N) is 1. The van der Waals surface area contributed by atoms with Gasteiger partial charge >= 0.3 is 0 Å². The minimum atomic E-state index is -3.67. The molecule has 2 N–H and O–H groups in total. The van der Waals surface area contributed by atoms with Gasteiger partial charge in [-0.2, -0.15) is 0 Å². The van der Waals surface area contributed by atoms with E-state index < -0.39 is 10.0 Å². The van der Waals surface area contributed by atoms with E-state index in [1.807, 2.05) is 6.92 Å². The molecule has 0 unspecified atom stereocenters. The summed E-state index contributed by atoms with van der Waals surface area (Å²) in [6.45, 7) is 2.01. The van der Waals surface area contributed by atoms with Crippen molar-refractivity contribution in [1.82, 2.24) is 0 Å². The van der Waals surface area contributed by atoms with Crippen LogP contribution in [0.15, 0.2) is 29.2 Å². The van der Waals surface area contributed by atoms with Crippen molar-refractivity contribution in [2.75, 3.05) is 0 Å². The topological polar surface area (TPSA) is 60.2 Å². The number of rotatable bonds is 2. The zero-order valence-corrected chi connectivity index (χ0v) is 9.34. The molecule has 0 bridgehead atoms. The van der Waals surface area contributed by atoms with Crippen LogP contribution in [-0.4, -0.2) is 8.42 Å². The van der Waals surface area contributed by atoms with E-state index in [0.29, 0.717) is 5.56 Å². The van der Waals surface area contributed by atoms with E-state index in [0.717, 1.165) is 12.8 Å². The Morgan fingerprint density at radius 3 is 2.60 bits per heavy atom. The van der Waals surface area contributed by atoms with Crippen LogP contribution in [0.25, 0.3) is 0 Å². The second-order valence-electron chi connectivity index (χ2n) is 3.09. The molecule has 1 aromatic rings. The van der Waals surface area contributed by atoms with Crippen molar-refractivity contribution in [3.63, 3.8) is 0 Å². The normalized spacial score (nSPS) is 10.5. The zero-order chi connectivity index (χ0) is 11.3. The van der Waals surface area contributed by atoms with E-state index in [1.54, 1.807) is 18.2 Å². The molecule has 0 aromatic heterocycles. The first-order valence-corrected chi connectivity index (χ1v) is 6.21. The molecular formula is C11H13NO2S. The molecule has 1 aromatic carbocycles. The molecule has 0 saturated carbocycles. The van der Waals surface area contributed by atoms with Crippen LogP contribution >= 0.6 is 0 Å². The summed E-state index contributed by atoms with van der Waals surface area (Å²) in [7, 11) is -3.67. The minimum Gasteiger partial charge on any atom is -0.225 e. The number of sulfonamides is 1. The Labute approximate surface area is 90.4 Å². The molecule has 80 valence electrons. The van der Waals surface area contributed by atoms with Crippen molar-refractivity contribution in [2.24, 2.45) is 5.14 Å². The van der Waals surface area contributed by atoms with Crippen molar-refractivity contribution >= 4 is 10.0 Å². The monoisotopic (exact) mass is 223 g/mol. The van der Waals surface area contributed by atoms with E-state index in [1.165, 1.54) is 6.07 Å². The molecule has 0 heterocycles. The van der Waals surface area contributed by atoms with Crippen LogP contribution < -0.4 is 5.14 Å². The third-order valence-corrected chi connectivity index (χ3v) is 2.76. The van der Waals surface area contributed by atoms with Crippen molar-refractivity contribution < 1.29 is 8.42 Å². The zero-order valence-electron chi connectivity index (χ0n) is 8.53. The fraction of sp³-hybridized carbons (Fsp3) is 0.273. The van der Waals surface area contributed by atoms with Crippen molar-refractivity contribution in [3.8, 4) is 11.8 Å². The maximum atomic E-state index is 11.2. The van der Waals surface area contributed by atoms with Gasteiger partial charge in [-0.3, -0.25) is 0 Å². The Bertz CT molecular complexity index is 495. The lowest BCUT2D eigenvalue weighted by Gasteiger charge is -2.00. The predicted molar refractivity (Wildman–Crippen MR) is 59.6 cm³/mol. The Balaban J connectivity index is 3.15. The summed E-state index contributed by atoms with van der Waals surface area (Å²) in [5.74, 6) is 5.71. The lowest BCUT2D eigenvalue weighted by molar-refractivity contribution is 0.597. The highest BCUT2D eigenvalue weighted by atomic mass is 32.2. The fourth-order valence-electron chi connectivity index (χ4n) is 1.10. The van der Waals surface area contributed by atoms with Crippen LogP contribution in [0.2, 0.25) is 0 Å². The van der Waals surface area contributed by atoms with Gasteiger partial charge in [-0.15, -0.1) is 0 Å². The predicted octanol–water partition coefficient (Wildman–Crippen LogP) is 1.49. The molecule has 0 saturated heterocycles. The van der Waals surface area contributed by atoms with Crippen molar-refractivity contribution in [1.29, 1.82) is 0 Å². The molecule has 1 rings (SSSR count). The Hall–Kier alpha value is -1.31. The third kappa shape index (κ3) is 3.39. The van der Waals surface area contributed by atoms with Crippen LogP contribution in [-0.2, 0) is 10.0 Å². The van der Waals surface area contributed by atoms with Crippen LogP contribution in [0.4, 0.5) is 0 Å². The van der Waals surface area contributed by atoms with Crippen molar-refractivity contribution in [2.45, 2.75) is 24.7 Å². The maximum Gasteiger partial charge on any atom is 0.239 e. The number of hydrogen-bond acceptors (Lipinski definition) is 2. The minimum absolute atomic E-state index is 0.0913. The molecule has 0 radical (unpaired) electrons.